The van der Waals surface area contributed by atoms with Crippen LogP contribution < -0.4 is 0 Å². The van der Waals surface area contributed by atoms with Gasteiger partial charge in [0.1, 0.15) is 0 Å². The lowest BCUT2D eigenvalue weighted by Gasteiger charge is -2.41. The smallest absolute Gasteiger partial charge is 0.188 e. The molecule has 14 heteroatoms. The Morgan fingerprint density at radius 3 is 1.15 bits per heavy atom. The van der Waals surface area contributed by atoms with Crippen LogP contribution in [0.5, 0.6) is 0 Å². The summed E-state index contributed by atoms with van der Waals surface area (Å²) in [7, 11) is 7.89. The molecule has 214 valence electrons. The zero-order valence-electron chi connectivity index (χ0n) is 23.7. The summed E-state index contributed by atoms with van der Waals surface area (Å²) in [6, 6.07) is 7.28. The fraction of sp³-hybridized carbons (Fsp3) is 0.538. The van der Waals surface area contributed by atoms with Crippen LogP contribution >= 0.6 is 70.6 Å². The summed E-state index contributed by atoms with van der Waals surface area (Å²) in [5.74, 6) is 0.553. The third-order valence-electron chi connectivity index (χ3n) is 8.69. The Kier molecular flexibility index (Phi) is 6.11. The van der Waals surface area contributed by atoms with E-state index in [1.54, 1.807) is 0 Å². The van der Waals surface area contributed by atoms with Crippen LogP contribution in [0.25, 0.3) is 0 Å². The molecule has 0 saturated carbocycles. The first kappa shape index (κ1) is 27.3. The fourth-order valence-electron chi connectivity index (χ4n) is 6.47. The Bertz CT molecular complexity index is 1320. The van der Waals surface area contributed by atoms with Crippen LogP contribution in [-0.2, 0) is 5.41 Å². The summed E-state index contributed by atoms with van der Waals surface area (Å²) in [6.45, 7) is 10.4. The van der Waals surface area contributed by atoms with E-state index >= 15 is 0 Å². The molecule has 6 heterocycles. The highest BCUT2D eigenvalue weighted by Gasteiger charge is 2.50. The van der Waals surface area contributed by atoms with Gasteiger partial charge in [0.25, 0.3) is 0 Å². The predicted molar refractivity (Wildman–Crippen MR) is 184 cm³/mol. The first-order valence-corrected chi connectivity index (χ1v) is 17.3. The Morgan fingerprint density at radius 1 is 0.575 bits per heavy atom. The van der Waals surface area contributed by atoms with Crippen molar-refractivity contribution in [2.24, 2.45) is 0 Å². The van der Waals surface area contributed by atoms with Gasteiger partial charge in [-0.15, -0.1) is 0 Å². The second-order valence-corrected chi connectivity index (χ2v) is 17.6. The van der Waals surface area contributed by atoms with Crippen molar-refractivity contribution in [2.45, 2.75) is 38.0 Å². The molecule has 0 atom stereocenters. The lowest BCUT2D eigenvalue weighted by molar-refractivity contribution is 0.358. The Hall–Kier alpha value is -1.58. The lowest BCUT2D eigenvalue weighted by Crippen LogP contribution is -2.55. The molecular formula is C26H34N8S6. The van der Waals surface area contributed by atoms with Gasteiger partial charge in [0.15, 0.2) is 30.7 Å². The van der Waals surface area contributed by atoms with Gasteiger partial charge in [-0.2, -0.15) is 0 Å². The van der Waals surface area contributed by atoms with Gasteiger partial charge in [0, 0.05) is 66.2 Å². The molecule has 40 heavy (non-hydrogen) atoms. The fourth-order valence-corrected chi connectivity index (χ4v) is 12.3. The summed E-state index contributed by atoms with van der Waals surface area (Å²) < 4.78 is 8.80. The normalized spacial score (nSPS) is 24.3. The molecule has 6 aliphatic heterocycles. The maximum absolute atomic E-state index is 5.92. The maximum Gasteiger partial charge on any atom is 0.188 e. The van der Waals surface area contributed by atoms with E-state index in [0.29, 0.717) is 0 Å². The molecule has 0 radical (unpaired) electrons. The maximum atomic E-state index is 5.92. The standard InChI is InChI=1S/C26H34N8S6/c1-26(2,3)19-9-15(17-11-31-20(35)27(4)39-24(31)32(12-17)21(36)28(39)5)8-16(10-19)18-13-33-22(37)29(6)40-25(33)34(14-18)23(38)30(40)7/h8-10,17-18H,11-14H2,1-7H3. The SMILES string of the molecule is CN1C(=S)N2CC(c3cc(C4CN5C(=S)N(C)S6=C5N(C4)C(=S)N6C)cc(C(C)(C)C)c3)CN3C(=S)N(C)S1=C23. The number of rotatable bonds is 2. The molecule has 8 nitrogen and oxygen atoms in total. The molecule has 0 bridgehead atoms. The molecule has 2 fully saturated rings. The Balaban J connectivity index is 1.27. The third kappa shape index (κ3) is 3.62. The minimum absolute atomic E-state index is 0.0142. The van der Waals surface area contributed by atoms with Gasteiger partial charge in [-0.3, -0.25) is 36.8 Å². The average molecular weight is 651 g/mol. The molecule has 0 aliphatic carbocycles. The van der Waals surface area contributed by atoms with Crippen LogP contribution in [0.2, 0.25) is 0 Å². The Labute approximate surface area is 263 Å². The molecule has 6 aliphatic rings. The minimum Gasteiger partial charge on any atom is -0.296 e. The average Bonchev–Trinajstić information content (AvgIpc) is 3.53. The van der Waals surface area contributed by atoms with Crippen LogP contribution in [0, 0.1) is 0 Å². The van der Waals surface area contributed by atoms with E-state index in [1.165, 1.54) is 26.9 Å². The van der Waals surface area contributed by atoms with Crippen LogP contribution in [-0.4, -0.2) is 122 Å². The minimum atomic E-state index is -0.233. The quantitative estimate of drug-likeness (QED) is 0.437. The molecule has 1 aromatic rings. The molecule has 0 aromatic heterocycles. The second-order valence-electron chi connectivity index (χ2n) is 12.2. The van der Waals surface area contributed by atoms with Gasteiger partial charge < -0.3 is 0 Å². The van der Waals surface area contributed by atoms with Crippen molar-refractivity contribution in [3.05, 3.63) is 34.9 Å². The summed E-state index contributed by atoms with van der Waals surface area (Å²) in [5.41, 5.74) is 4.08. The highest BCUT2D eigenvalue weighted by atomic mass is 32.2. The number of thiocarbonyl (C=S) groups is 4. The largest absolute Gasteiger partial charge is 0.296 e. The first-order valence-electron chi connectivity index (χ1n) is 13.4. The van der Waals surface area contributed by atoms with Crippen LogP contribution in [0.4, 0.5) is 0 Å². The number of nitrogens with zero attached hydrogens (tertiary/aromatic N) is 8. The molecule has 7 rings (SSSR count). The van der Waals surface area contributed by atoms with E-state index < -0.39 is 0 Å². The molecule has 1 aromatic carbocycles. The topological polar surface area (TPSA) is 25.9 Å². The van der Waals surface area contributed by atoms with Crippen LogP contribution in [0.15, 0.2) is 18.2 Å². The number of benzene rings is 1. The molecular weight excluding hydrogens is 617 g/mol. The summed E-state index contributed by atoms with van der Waals surface area (Å²) in [4.78, 5) is 9.30. The monoisotopic (exact) mass is 650 g/mol. The van der Waals surface area contributed by atoms with Crippen LogP contribution in [0.3, 0.4) is 0 Å². The van der Waals surface area contributed by atoms with Gasteiger partial charge in [-0.05, 0) is 71.0 Å². The predicted octanol–water partition coefficient (Wildman–Crippen LogP) is 3.68. The van der Waals surface area contributed by atoms with Gasteiger partial charge in [-0.1, -0.05) is 39.0 Å². The van der Waals surface area contributed by atoms with Gasteiger partial charge in [0.2, 0.25) is 0 Å². The molecule has 0 spiro atoms. The van der Waals surface area contributed by atoms with Gasteiger partial charge in [0.05, 0.1) is 21.7 Å². The van der Waals surface area contributed by atoms with Gasteiger partial charge in [-0.25, -0.2) is 0 Å². The van der Waals surface area contributed by atoms with Crippen molar-refractivity contribution in [3.8, 4) is 0 Å². The second kappa shape index (κ2) is 8.96. The molecule has 2 saturated heterocycles. The highest BCUT2D eigenvalue weighted by Crippen LogP contribution is 2.46. The van der Waals surface area contributed by atoms with Crippen molar-refractivity contribution in [1.82, 2.24) is 36.8 Å². The zero-order valence-corrected chi connectivity index (χ0v) is 28.6. The van der Waals surface area contributed by atoms with E-state index in [0.717, 1.165) is 46.6 Å². The van der Waals surface area contributed by atoms with Crippen molar-refractivity contribution >= 4 is 101 Å². The van der Waals surface area contributed by atoms with Gasteiger partial charge >= 0.3 is 0 Å². The van der Waals surface area contributed by atoms with Crippen LogP contribution in [0.1, 0.15) is 49.3 Å². The number of hydrogen-bond acceptors (Lipinski definition) is 4. The zero-order chi connectivity index (χ0) is 28.6. The number of hydrogen-bond donors (Lipinski definition) is 0. The van der Waals surface area contributed by atoms with E-state index in [1.807, 2.05) is 0 Å². The van der Waals surface area contributed by atoms with E-state index in [9.17, 15) is 0 Å². The molecule has 0 amide bonds. The van der Waals surface area contributed by atoms with Crippen molar-refractivity contribution in [1.29, 1.82) is 0 Å². The third-order valence-corrected chi connectivity index (χ3v) is 15.4. The molecule has 0 unspecified atom stereocenters. The van der Waals surface area contributed by atoms with E-state index in [4.69, 9.17) is 48.9 Å². The Morgan fingerprint density at radius 2 is 0.875 bits per heavy atom. The summed E-state index contributed by atoms with van der Waals surface area (Å²) in [6.07, 6.45) is 0. The van der Waals surface area contributed by atoms with E-state index in [2.05, 4.69) is 104 Å². The highest BCUT2D eigenvalue weighted by molar-refractivity contribution is 8.15. The molecule has 0 N–H and O–H groups in total. The van der Waals surface area contributed by atoms with Crippen molar-refractivity contribution in [2.75, 3.05) is 54.4 Å². The lowest BCUT2D eigenvalue weighted by atomic mass is 9.80. The van der Waals surface area contributed by atoms with E-state index in [-0.39, 0.29) is 39.0 Å². The summed E-state index contributed by atoms with van der Waals surface area (Å²) in [5, 5.41) is 6.04. The van der Waals surface area contributed by atoms with Crippen molar-refractivity contribution in [3.63, 3.8) is 0 Å². The summed E-state index contributed by atoms with van der Waals surface area (Å²) >= 11 is 23.7. The first-order chi connectivity index (χ1) is 18.8. The van der Waals surface area contributed by atoms with Crippen molar-refractivity contribution < 1.29 is 0 Å².